The average Bonchev–Trinajstić information content (AvgIpc) is 3.03. The summed E-state index contributed by atoms with van der Waals surface area (Å²) in [6, 6.07) is 0. The summed E-state index contributed by atoms with van der Waals surface area (Å²) in [6.07, 6.45) is 22.5. The van der Waals surface area contributed by atoms with Gasteiger partial charge in [-0.25, -0.2) is 0 Å². The number of hydrogen-bond donors (Lipinski definition) is 0. The van der Waals surface area contributed by atoms with Crippen molar-refractivity contribution >= 4 is 17.9 Å². The molecule has 0 amide bonds. The molecule has 0 aromatic heterocycles. The average molecular weight is 750 g/mol. The highest BCUT2D eigenvalue weighted by atomic mass is 16.5. The molecule has 1 aliphatic rings. The van der Waals surface area contributed by atoms with E-state index in [1.165, 1.54) is 25.7 Å². The minimum atomic E-state index is -0.0628. The molecule has 0 heterocycles. The van der Waals surface area contributed by atoms with E-state index in [-0.39, 0.29) is 36.2 Å². The van der Waals surface area contributed by atoms with Crippen molar-refractivity contribution in [3.63, 3.8) is 0 Å². The fourth-order valence-electron chi connectivity index (χ4n) is 8.05. The second-order valence-corrected chi connectivity index (χ2v) is 18.6. The highest BCUT2D eigenvalue weighted by Crippen LogP contribution is 2.36. The minimum Gasteiger partial charge on any atom is -0.463 e. The number of esters is 3. The van der Waals surface area contributed by atoms with E-state index in [0.717, 1.165) is 109 Å². The molecule has 7 heteroatoms. The maximum atomic E-state index is 12.9. The van der Waals surface area contributed by atoms with E-state index in [1.807, 2.05) is 13.8 Å². The molecule has 0 N–H and O–H groups in total. The van der Waals surface area contributed by atoms with Crippen molar-refractivity contribution in [3.8, 4) is 0 Å². The van der Waals surface area contributed by atoms with Gasteiger partial charge in [-0.05, 0) is 128 Å². The lowest BCUT2D eigenvalue weighted by Crippen LogP contribution is -2.34. The highest BCUT2D eigenvalue weighted by Gasteiger charge is 2.32. The number of nitrogens with zero attached hydrogens (tertiary/aromatic N) is 1. The Morgan fingerprint density at radius 2 is 0.925 bits per heavy atom. The van der Waals surface area contributed by atoms with Gasteiger partial charge in [0.2, 0.25) is 0 Å². The molecule has 4 atom stereocenters. The summed E-state index contributed by atoms with van der Waals surface area (Å²) in [6.45, 7) is 18.7. The third-order valence-corrected chi connectivity index (χ3v) is 11.1. The normalized spacial score (nSPS) is 18.7. The number of hydrogen-bond acceptors (Lipinski definition) is 7. The third-order valence-electron chi connectivity index (χ3n) is 11.1. The van der Waals surface area contributed by atoms with E-state index in [1.54, 1.807) is 0 Å². The summed E-state index contributed by atoms with van der Waals surface area (Å²) in [7, 11) is 4.23. The molecule has 0 radical (unpaired) electrons. The molecule has 0 aliphatic heterocycles. The Morgan fingerprint density at radius 1 is 0.509 bits per heavy atom. The molecule has 53 heavy (non-hydrogen) atoms. The van der Waals surface area contributed by atoms with Crippen LogP contribution in [0, 0.1) is 35.5 Å². The van der Waals surface area contributed by atoms with E-state index < -0.39 is 0 Å². The third kappa shape index (κ3) is 28.4. The number of rotatable bonds is 33. The van der Waals surface area contributed by atoms with Gasteiger partial charge in [0.1, 0.15) is 6.10 Å². The lowest BCUT2D eigenvalue weighted by atomic mass is 9.73. The van der Waals surface area contributed by atoms with E-state index in [2.05, 4.69) is 60.5 Å². The van der Waals surface area contributed by atoms with Gasteiger partial charge in [0, 0.05) is 25.8 Å². The van der Waals surface area contributed by atoms with Gasteiger partial charge in [0.25, 0.3) is 0 Å². The van der Waals surface area contributed by atoms with Crippen LogP contribution in [0.1, 0.15) is 203 Å². The topological polar surface area (TPSA) is 82.1 Å². The molecular weight excluding hydrogens is 663 g/mol. The SMILES string of the molecule is CC(C)CCC(C)CC(C)OC(=O)CCCCCCCC(CCCCCCCC(=O)OC(C)CC(C)CCC(C)C)OC(=O)CC1CC(CN(C)C)C1. The minimum absolute atomic E-state index is 0.0103. The van der Waals surface area contributed by atoms with Crippen LogP contribution in [0.4, 0.5) is 0 Å². The first-order valence-corrected chi connectivity index (χ1v) is 22.4. The maximum Gasteiger partial charge on any atom is 0.306 e. The van der Waals surface area contributed by atoms with Crippen LogP contribution in [0.5, 0.6) is 0 Å². The van der Waals surface area contributed by atoms with E-state index in [9.17, 15) is 14.4 Å². The van der Waals surface area contributed by atoms with Gasteiger partial charge in [-0.3, -0.25) is 14.4 Å². The van der Waals surface area contributed by atoms with Crippen molar-refractivity contribution in [1.29, 1.82) is 0 Å². The second kappa shape index (κ2) is 29.6. The van der Waals surface area contributed by atoms with Crippen LogP contribution in [-0.2, 0) is 28.6 Å². The van der Waals surface area contributed by atoms with Crippen molar-refractivity contribution < 1.29 is 28.6 Å². The molecule has 0 spiro atoms. The Kier molecular flexibility index (Phi) is 27.6. The van der Waals surface area contributed by atoms with Crippen molar-refractivity contribution in [2.24, 2.45) is 35.5 Å². The van der Waals surface area contributed by atoms with Gasteiger partial charge >= 0.3 is 17.9 Å². The zero-order chi connectivity index (χ0) is 39.6. The van der Waals surface area contributed by atoms with Gasteiger partial charge in [-0.15, -0.1) is 0 Å². The quantitative estimate of drug-likeness (QED) is 0.0375. The Bertz CT molecular complexity index is 890. The summed E-state index contributed by atoms with van der Waals surface area (Å²) in [4.78, 5) is 39.9. The Hall–Kier alpha value is -1.63. The first kappa shape index (κ1) is 49.4. The molecule has 0 aromatic rings. The first-order valence-electron chi connectivity index (χ1n) is 22.4. The molecule has 1 fully saturated rings. The molecule has 0 bridgehead atoms. The highest BCUT2D eigenvalue weighted by molar-refractivity contribution is 5.70. The number of carbonyl (C=O) groups excluding carboxylic acids is 3. The largest absolute Gasteiger partial charge is 0.463 e. The van der Waals surface area contributed by atoms with Gasteiger partial charge in [0.05, 0.1) is 12.2 Å². The van der Waals surface area contributed by atoms with Crippen molar-refractivity contribution in [1.82, 2.24) is 4.90 Å². The van der Waals surface area contributed by atoms with Crippen LogP contribution in [0.25, 0.3) is 0 Å². The summed E-state index contributed by atoms with van der Waals surface area (Å²) in [5.74, 6) is 3.63. The van der Waals surface area contributed by atoms with Gasteiger partial charge in [-0.2, -0.15) is 0 Å². The lowest BCUT2D eigenvalue weighted by Gasteiger charge is -2.36. The van der Waals surface area contributed by atoms with E-state index in [0.29, 0.717) is 54.8 Å². The summed E-state index contributed by atoms with van der Waals surface area (Å²) >= 11 is 0. The van der Waals surface area contributed by atoms with Gasteiger partial charge in [0.15, 0.2) is 0 Å². The Balaban J connectivity index is 2.33. The Labute approximate surface area is 328 Å². The number of unbranched alkanes of at least 4 members (excludes halogenated alkanes) is 8. The molecule has 1 rings (SSSR count). The smallest absolute Gasteiger partial charge is 0.306 e. The van der Waals surface area contributed by atoms with E-state index in [4.69, 9.17) is 14.2 Å². The van der Waals surface area contributed by atoms with Crippen molar-refractivity contribution in [3.05, 3.63) is 0 Å². The fourth-order valence-corrected chi connectivity index (χ4v) is 8.05. The van der Waals surface area contributed by atoms with Gasteiger partial charge in [-0.1, -0.05) is 106 Å². The predicted octanol–water partition coefficient (Wildman–Crippen LogP) is 12.1. The predicted molar refractivity (Wildman–Crippen MR) is 221 cm³/mol. The number of carbonyl (C=O) groups is 3. The molecule has 1 aliphatic carbocycles. The van der Waals surface area contributed by atoms with E-state index >= 15 is 0 Å². The molecule has 4 unspecified atom stereocenters. The van der Waals surface area contributed by atoms with Crippen LogP contribution in [-0.4, -0.2) is 61.8 Å². The molecular formula is C46H87NO6. The Morgan fingerprint density at radius 3 is 1.34 bits per heavy atom. The van der Waals surface area contributed by atoms with Crippen LogP contribution in [0.3, 0.4) is 0 Å². The van der Waals surface area contributed by atoms with Crippen LogP contribution < -0.4 is 0 Å². The number of ether oxygens (including phenoxy) is 3. The lowest BCUT2D eigenvalue weighted by molar-refractivity contribution is -0.152. The first-order chi connectivity index (χ1) is 25.1. The second-order valence-electron chi connectivity index (χ2n) is 18.6. The fraction of sp³-hybridized carbons (Fsp3) is 0.935. The molecule has 0 aromatic carbocycles. The monoisotopic (exact) mass is 750 g/mol. The summed E-state index contributed by atoms with van der Waals surface area (Å²) < 4.78 is 17.5. The molecule has 0 saturated heterocycles. The van der Waals surface area contributed by atoms with Crippen LogP contribution >= 0.6 is 0 Å². The zero-order valence-electron chi connectivity index (χ0n) is 36.6. The molecule has 7 nitrogen and oxygen atoms in total. The van der Waals surface area contributed by atoms with Crippen LogP contribution in [0.15, 0.2) is 0 Å². The molecule has 1 saturated carbocycles. The zero-order valence-corrected chi connectivity index (χ0v) is 36.6. The van der Waals surface area contributed by atoms with Crippen molar-refractivity contribution in [2.45, 2.75) is 221 Å². The summed E-state index contributed by atoms with van der Waals surface area (Å²) in [5, 5.41) is 0. The van der Waals surface area contributed by atoms with Crippen LogP contribution in [0.2, 0.25) is 0 Å². The maximum absolute atomic E-state index is 12.9. The summed E-state index contributed by atoms with van der Waals surface area (Å²) in [5.41, 5.74) is 0. The van der Waals surface area contributed by atoms with Gasteiger partial charge < -0.3 is 19.1 Å². The standard InChI is InChI=1S/C46H87NO6/c1-35(2)25-27-37(5)29-39(7)51-44(48)23-19-15-11-13-17-21-43(53-46(50)33-41-31-42(32-41)34-47(9)10)22-18-14-12-16-20-24-45(49)52-40(8)30-38(6)28-26-36(3)4/h35-43H,11-34H2,1-10H3. The molecule has 312 valence electrons. The van der Waals surface area contributed by atoms with Crippen molar-refractivity contribution in [2.75, 3.05) is 20.6 Å².